The number of rotatable bonds is 7. The Hall–Kier alpha value is -2.35. The Bertz CT molecular complexity index is 774. The van der Waals surface area contributed by atoms with Crippen LogP contribution in [0, 0.1) is 0 Å². The Morgan fingerprint density at radius 1 is 1.40 bits per heavy atom. The fourth-order valence-electron chi connectivity index (χ4n) is 2.48. The quantitative estimate of drug-likeness (QED) is 0.750. The van der Waals surface area contributed by atoms with E-state index < -0.39 is 0 Å². The molecule has 2 aromatic heterocycles. The Balaban J connectivity index is 1.47. The van der Waals surface area contributed by atoms with Gasteiger partial charge < -0.3 is 10.1 Å². The van der Waals surface area contributed by atoms with Crippen LogP contribution >= 0.6 is 11.8 Å². The summed E-state index contributed by atoms with van der Waals surface area (Å²) in [5.74, 6) is 2.37. The van der Waals surface area contributed by atoms with Gasteiger partial charge in [-0.1, -0.05) is 0 Å². The highest BCUT2D eigenvalue weighted by Crippen LogP contribution is 2.22. The number of carbonyl (C=O) groups excluding carboxylic acids is 1. The minimum atomic E-state index is -0.179. The molecule has 1 saturated heterocycles. The van der Waals surface area contributed by atoms with Crippen LogP contribution in [0.15, 0.2) is 41.5 Å². The molecule has 0 unspecified atom stereocenters. The molecule has 3 rings (SSSR count). The molecule has 0 radical (unpaired) electrons. The zero-order valence-electron chi connectivity index (χ0n) is 13.8. The molecule has 1 N–H and O–H groups in total. The van der Waals surface area contributed by atoms with E-state index in [0.717, 1.165) is 17.9 Å². The van der Waals surface area contributed by atoms with Crippen molar-refractivity contribution in [2.75, 3.05) is 18.1 Å². The number of hydrogen-bond acceptors (Lipinski definition) is 6. The molecule has 0 saturated carbocycles. The summed E-state index contributed by atoms with van der Waals surface area (Å²) in [5.41, 5.74) is 0.375. The average molecular weight is 360 g/mol. The first-order valence-corrected chi connectivity index (χ1v) is 9.38. The summed E-state index contributed by atoms with van der Waals surface area (Å²) in [6.45, 7) is 0.920. The molecule has 3 heterocycles. The maximum atomic E-state index is 12.2. The molecule has 1 amide bonds. The van der Waals surface area contributed by atoms with Crippen LogP contribution in [0.3, 0.4) is 0 Å². The molecule has 1 fully saturated rings. The van der Waals surface area contributed by atoms with Crippen molar-refractivity contribution in [1.29, 1.82) is 0 Å². The van der Waals surface area contributed by atoms with Gasteiger partial charge in [-0.15, -0.1) is 0 Å². The molecule has 2 aromatic rings. The van der Waals surface area contributed by atoms with Gasteiger partial charge in [0.15, 0.2) is 0 Å². The number of thioether (sulfide) groups is 1. The van der Waals surface area contributed by atoms with Crippen LogP contribution in [0.5, 0.6) is 5.88 Å². The van der Waals surface area contributed by atoms with E-state index in [-0.39, 0.29) is 17.6 Å². The minimum absolute atomic E-state index is 0.144. The Morgan fingerprint density at radius 3 is 3.12 bits per heavy atom. The summed E-state index contributed by atoms with van der Waals surface area (Å²) in [5, 5.41) is 6.82. The third-order valence-electron chi connectivity index (χ3n) is 3.79. The summed E-state index contributed by atoms with van der Waals surface area (Å²) < 4.78 is 7.18. The van der Waals surface area contributed by atoms with Gasteiger partial charge in [0.25, 0.3) is 11.5 Å². The molecule has 0 bridgehead atoms. The third kappa shape index (κ3) is 5.06. The second-order valence-electron chi connectivity index (χ2n) is 5.68. The minimum Gasteiger partial charge on any atom is -0.473 e. The lowest BCUT2D eigenvalue weighted by Gasteiger charge is -2.12. The second-order valence-corrected chi connectivity index (χ2v) is 6.83. The number of nitrogens with one attached hydrogen (secondary N) is 1. The van der Waals surface area contributed by atoms with Crippen molar-refractivity contribution >= 4 is 17.7 Å². The number of pyridine rings is 1. The number of aryl methyl sites for hydroxylation is 1. The maximum Gasteiger partial charge on any atom is 0.266 e. The highest BCUT2D eigenvalue weighted by Gasteiger charge is 2.18. The zero-order chi connectivity index (χ0) is 17.5. The summed E-state index contributed by atoms with van der Waals surface area (Å²) in [6.07, 6.45) is 4.96. The van der Waals surface area contributed by atoms with Crippen molar-refractivity contribution in [3.8, 4) is 5.88 Å². The van der Waals surface area contributed by atoms with E-state index in [9.17, 15) is 9.59 Å². The number of hydrogen-bond donors (Lipinski definition) is 1. The number of aromatic nitrogens is 3. The summed E-state index contributed by atoms with van der Waals surface area (Å²) in [4.78, 5) is 27.9. The van der Waals surface area contributed by atoms with Crippen molar-refractivity contribution in [1.82, 2.24) is 20.1 Å². The van der Waals surface area contributed by atoms with Crippen LogP contribution in [0.25, 0.3) is 0 Å². The second kappa shape index (κ2) is 8.66. The van der Waals surface area contributed by atoms with Gasteiger partial charge >= 0.3 is 0 Å². The topological polar surface area (TPSA) is 86.1 Å². The molecule has 25 heavy (non-hydrogen) atoms. The average Bonchev–Trinajstić information content (AvgIpc) is 3.13. The van der Waals surface area contributed by atoms with Gasteiger partial charge in [-0.2, -0.15) is 16.9 Å². The number of amides is 1. The molecule has 0 aliphatic carbocycles. The predicted molar refractivity (Wildman–Crippen MR) is 96.0 cm³/mol. The Kier molecular flexibility index (Phi) is 6.05. The summed E-state index contributed by atoms with van der Waals surface area (Å²) >= 11 is 1.86. The fraction of sp³-hybridized carbons (Fsp3) is 0.412. The first-order chi connectivity index (χ1) is 12.2. The van der Waals surface area contributed by atoms with Crippen molar-refractivity contribution in [2.45, 2.75) is 25.5 Å². The smallest absolute Gasteiger partial charge is 0.266 e. The molecular weight excluding hydrogens is 340 g/mol. The van der Waals surface area contributed by atoms with Crippen LogP contribution in [0.2, 0.25) is 0 Å². The molecule has 1 aliphatic rings. The van der Waals surface area contributed by atoms with Gasteiger partial charge in [0.05, 0.1) is 0 Å². The maximum absolute atomic E-state index is 12.2. The van der Waals surface area contributed by atoms with E-state index >= 15 is 0 Å². The number of ether oxygens (including phenoxy) is 1. The Morgan fingerprint density at radius 2 is 2.32 bits per heavy atom. The molecule has 1 atom stereocenters. The summed E-state index contributed by atoms with van der Waals surface area (Å²) in [7, 11) is 0. The molecule has 0 spiro atoms. The van der Waals surface area contributed by atoms with Gasteiger partial charge in [0, 0.05) is 48.9 Å². The van der Waals surface area contributed by atoms with Crippen molar-refractivity contribution < 1.29 is 9.53 Å². The number of carbonyl (C=O) groups is 1. The summed E-state index contributed by atoms with van der Waals surface area (Å²) in [6, 6.07) is 6.40. The first-order valence-electron chi connectivity index (χ1n) is 8.23. The first kappa shape index (κ1) is 17.5. The third-order valence-corrected chi connectivity index (χ3v) is 4.92. The van der Waals surface area contributed by atoms with Gasteiger partial charge in [0.1, 0.15) is 6.10 Å². The fourth-order valence-corrected chi connectivity index (χ4v) is 3.57. The lowest BCUT2D eigenvalue weighted by molar-refractivity contribution is 0.0951. The predicted octanol–water partition coefficient (Wildman–Crippen LogP) is 1.34. The normalized spacial score (nSPS) is 16.6. The lowest BCUT2D eigenvalue weighted by atomic mass is 10.2. The molecule has 132 valence electrons. The van der Waals surface area contributed by atoms with E-state index in [4.69, 9.17) is 4.74 Å². The number of nitrogens with zero attached hydrogens (tertiary/aromatic N) is 3. The largest absolute Gasteiger partial charge is 0.473 e. The van der Waals surface area contributed by atoms with Crippen LogP contribution in [0.4, 0.5) is 0 Å². The SMILES string of the molecule is O=C(NCCCn1ncccc1=O)c1ccnc(O[C@H]2CCSC2)c1. The van der Waals surface area contributed by atoms with Gasteiger partial charge in [0.2, 0.25) is 5.88 Å². The van der Waals surface area contributed by atoms with Gasteiger partial charge in [-0.25, -0.2) is 9.67 Å². The van der Waals surface area contributed by atoms with Crippen LogP contribution in [-0.2, 0) is 6.54 Å². The van der Waals surface area contributed by atoms with Gasteiger partial charge in [-0.05, 0) is 30.7 Å². The van der Waals surface area contributed by atoms with Crippen molar-refractivity contribution in [3.05, 3.63) is 52.6 Å². The van der Waals surface area contributed by atoms with Crippen LogP contribution < -0.4 is 15.6 Å². The standard InChI is InChI=1S/C17H20N4O3S/c22-16-3-1-7-20-21(16)9-2-6-19-17(23)13-4-8-18-15(11-13)24-14-5-10-25-12-14/h1,3-4,7-8,11,14H,2,5-6,9-10,12H2,(H,19,23)/t14-/m0/s1. The zero-order valence-corrected chi connectivity index (χ0v) is 14.6. The highest BCUT2D eigenvalue weighted by molar-refractivity contribution is 7.99. The van der Waals surface area contributed by atoms with E-state index in [0.29, 0.717) is 31.0 Å². The van der Waals surface area contributed by atoms with Crippen LogP contribution in [-0.4, -0.2) is 44.8 Å². The van der Waals surface area contributed by atoms with Crippen molar-refractivity contribution in [3.63, 3.8) is 0 Å². The lowest BCUT2D eigenvalue weighted by Crippen LogP contribution is -2.27. The molecule has 7 nitrogen and oxygen atoms in total. The Labute approximate surface area is 149 Å². The van der Waals surface area contributed by atoms with E-state index in [1.807, 2.05) is 11.8 Å². The molecule has 8 heteroatoms. The highest BCUT2D eigenvalue weighted by atomic mass is 32.2. The van der Waals surface area contributed by atoms with Gasteiger partial charge in [-0.3, -0.25) is 9.59 Å². The van der Waals surface area contributed by atoms with Crippen LogP contribution in [0.1, 0.15) is 23.2 Å². The van der Waals surface area contributed by atoms with Crippen molar-refractivity contribution in [2.24, 2.45) is 0 Å². The molecule has 0 aromatic carbocycles. The monoisotopic (exact) mass is 360 g/mol. The molecule has 1 aliphatic heterocycles. The van der Waals surface area contributed by atoms with E-state index in [1.165, 1.54) is 10.7 Å². The molecular formula is C17H20N4O3S. The van der Waals surface area contributed by atoms with E-state index in [1.54, 1.807) is 30.6 Å². The van der Waals surface area contributed by atoms with E-state index in [2.05, 4.69) is 15.4 Å².